The van der Waals surface area contributed by atoms with Crippen LogP contribution in [0.15, 0.2) is 6.20 Å². The van der Waals surface area contributed by atoms with Gasteiger partial charge in [-0.1, -0.05) is 58.3 Å². The zero-order valence-corrected chi connectivity index (χ0v) is 17.9. The number of rotatable bonds is 15. The average molecular weight is 378 g/mol. The van der Waals surface area contributed by atoms with E-state index < -0.39 is 0 Å². The minimum absolute atomic E-state index is 0.189. The fourth-order valence-electron chi connectivity index (χ4n) is 3.64. The predicted octanol–water partition coefficient (Wildman–Crippen LogP) is 6.16. The molecule has 0 amide bonds. The number of carbonyl (C=O) groups is 2. The van der Waals surface area contributed by atoms with Gasteiger partial charge in [-0.05, 0) is 32.8 Å². The summed E-state index contributed by atoms with van der Waals surface area (Å²) in [7, 11) is 0. The Morgan fingerprint density at radius 2 is 1.48 bits per heavy atom. The monoisotopic (exact) mass is 377 g/mol. The molecule has 0 N–H and O–H groups in total. The van der Waals surface area contributed by atoms with Crippen LogP contribution < -0.4 is 0 Å². The van der Waals surface area contributed by atoms with Crippen molar-refractivity contribution in [3.05, 3.63) is 23.0 Å². The van der Waals surface area contributed by atoms with Crippen molar-refractivity contribution in [3.8, 4) is 0 Å². The second-order valence-electron chi connectivity index (χ2n) is 7.52. The highest BCUT2D eigenvalue weighted by Gasteiger charge is 2.17. The van der Waals surface area contributed by atoms with Gasteiger partial charge >= 0.3 is 5.97 Å². The fourth-order valence-corrected chi connectivity index (χ4v) is 3.64. The first-order chi connectivity index (χ1) is 13.0. The summed E-state index contributed by atoms with van der Waals surface area (Å²) in [4.78, 5) is 24.2. The number of nitrogens with zero attached hydrogens (tertiary/aromatic N) is 1. The van der Waals surface area contributed by atoms with Crippen molar-refractivity contribution in [1.82, 2.24) is 4.57 Å². The van der Waals surface area contributed by atoms with E-state index in [4.69, 9.17) is 4.74 Å². The molecule has 4 nitrogen and oxygen atoms in total. The van der Waals surface area contributed by atoms with Gasteiger partial charge in [-0.3, -0.25) is 9.59 Å². The van der Waals surface area contributed by atoms with E-state index in [-0.39, 0.29) is 11.8 Å². The zero-order valence-electron chi connectivity index (χ0n) is 17.9. The number of carbonyl (C=O) groups excluding carboxylic acids is 2. The Bertz CT molecular complexity index is 574. The van der Waals surface area contributed by atoms with Crippen LogP contribution in [0.25, 0.3) is 0 Å². The van der Waals surface area contributed by atoms with Crippen molar-refractivity contribution in [1.29, 1.82) is 0 Å². The predicted molar refractivity (Wildman–Crippen MR) is 111 cm³/mol. The molecule has 1 heterocycles. The van der Waals surface area contributed by atoms with Gasteiger partial charge in [0.1, 0.15) is 0 Å². The number of ether oxygens (including phenoxy) is 1. The number of aryl methyl sites for hydroxylation is 2. The molecule has 0 spiro atoms. The molecule has 0 saturated carbocycles. The Hall–Kier alpha value is -1.58. The van der Waals surface area contributed by atoms with E-state index in [2.05, 4.69) is 6.92 Å². The normalized spacial score (nSPS) is 11.0. The standard InChI is InChI=1S/C23H39NO3/c1-5-7-8-9-10-11-12-13-14-15-21(25)23-19(3)18-24(20(23)4)17-16-22(26)27-6-2/h18H,5-17H2,1-4H3. The van der Waals surface area contributed by atoms with Crippen LogP contribution in [0, 0.1) is 13.8 Å². The molecule has 0 aliphatic heterocycles. The van der Waals surface area contributed by atoms with Gasteiger partial charge in [0, 0.05) is 30.4 Å². The molecule has 1 rings (SSSR count). The van der Waals surface area contributed by atoms with E-state index in [1.807, 2.05) is 31.5 Å². The van der Waals surface area contributed by atoms with Crippen LogP contribution in [0.5, 0.6) is 0 Å². The number of aromatic nitrogens is 1. The summed E-state index contributed by atoms with van der Waals surface area (Å²) in [5.74, 6) is 0.0497. The van der Waals surface area contributed by atoms with E-state index in [9.17, 15) is 9.59 Å². The van der Waals surface area contributed by atoms with E-state index in [1.165, 1.54) is 44.9 Å². The van der Waals surface area contributed by atoms with Gasteiger partial charge in [0.05, 0.1) is 13.0 Å². The summed E-state index contributed by atoms with van der Waals surface area (Å²) < 4.78 is 6.99. The fraction of sp³-hybridized carbons (Fsp3) is 0.739. The molecule has 4 heteroatoms. The van der Waals surface area contributed by atoms with Crippen LogP contribution in [0.2, 0.25) is 0 Å². The molecule has 0 bridgehead atoms. The molecule has 0 aliphatic carbocycles. The van der Waals surface area contributed by atoms with Crippen LogP contribution in [-0.4, -0.2) is 22.9 Å². The van der Waals surface area contributed by atoms with E-state index >= 15 is 0 Å². The van der Waals surface area contributed by atoms with Gasteiger partial charge in [0.25, 0.3) is 0 Å². The van der Waals surface area contributed by atoms with E-state index in [0.717, 1.165) is 29.7 Å². The van der Waals surface area contributed by atoms with Crippen LogP contribution in [0.1, 0.15) is 106 Å². The quantitative estimate of drug-likeness (QED) is 0.209. The number of hydrogen-bond acceptors (Lipinski definition) is 3. The largest absolute Gasteiger partial charge is 0.466 e. The second-order valence-corrected chi connectivity index (χ2v) is 7.52. The zero-order chi connectivity index (χ0) is 20.1. The highest BCUT2D eigenvalue weighted by atomic mass is 16.5. The minimum atomic E-state index is -0.189. The Morgan fingerprint density at radius 3 is 2.07 bits per heavy atom. The lowest BCUT2D eigenvalue weighted by molar-refractivity contribution is -0.143. The molecule has 0 radical (unpaired) electrons. The Morgan fingerprint density at radius 1 is 0.889 bits per heavy atom. The van der Waals surface area contributed by atoms with Crippen molar-refractivity contribution < 1.29 is 14.3 Å². The Balaban J connectivity index is 2.35. The maximum absolute atomic E-state index is 12.6. The number of esters is 1. The lowest BCUT2D eigenvalue weighted by Gasteiger charge is -2.07. The van der Waals surface area contributed by atoms with Crippen LogP contribution in [-0.2, 0) is 16.1 Å². The van der Waals surface area contributed by atoms with Crippen molar-refractivity contribution in [2.45, 2.75) is 105 Å². The molecule has 0 fully saturated rings. The first-order valence-corrected chi connectivity index (χ1v) is 10.9. The highest BCUT2D eigenvalue weighted by Crippen LogP contribution is 2.20. The summed E-state index contributed by atoms with van der Waals surface area (Å²) in [5.41, 5.74) is 2.83. The van der Waals surface area contributed by atoms with Crippen LogP contribution in [0.4, 0.5) is 0 Å². The highest BCUT2D eigenvalue weighted by molar-refractivity contribution is 5.98. The SMILES string of the molecule is CCCCCCCCCCCC(=O)c1c(C)cn(CCC(=O)OCC)c1C. The molecule has 0 atom stereocenters. The molecular weight excluding hydrogens is 338 g/mol. The lowest BCUT2D eigenvalue weighted by Crippen LogP contribution is -2.10. The van der Waals surface area contributed by atoms with Crippen molar-refractivity contribution in [3.63, 3.8) is 0 Å². The molecule has 0 aromatic carbocycles. The first-order valence-electron chi connectivity index (χ1n) is 10.9. The summed E-state index contributed by atoms with van der Waals surface area (Å²) >= 11 is 0. The smallest absolute Gasteiger partial charge is 0.307 e. The van der Waals surface area contributed by atoms with Crippen molar-refractivity contribution in [2.24, 2.45) is 0 Å². The number of Topliss-reactive ketones (excluding diaryl/α,β-unsaturated/α-hetero) is 1. The maximum atomic E-state index is 12.6. The maximum Gasteiger partial charge on any atom is 0.307 e. The Labute approximate surface area is 165 Å². The molecule has 27 heavy (non-hydrogen) atoms. The second kappa shape index (κ2) is 13.6. The molecule has 154 valence electrons. The average Bonchev–Trinajstić information content (AvgIpc) is 2.92. The van der Waals surface area contributed by atoms with Crippen molar-refractivity contribution >= 4 is 11.8 Å². The van der Waals surface area contributed by atoms with Gasteiger partial charge in [-0.15, -0.1) is 0 Å². The third-order valence-electron chi connectivity index (χ3n) is 5.18. The van der Waals surface area contributed by atoms with Gasteiger partial charge in [-0.25, -0.2) is 0 Å². The summed E-state index contributed by atoms with van der Waals surface area (Å²) in [6.07, 6.45) is 14.3. The number of hydrogen-bond donors (Lipinski definition) is 0. The third kappa shape index (κ3) is 8.77. The molecular formula is C23H39NO3. The molecule has 0 aliphatic rings. The van der Waals surface area contributed by atoms with Crippen LogP contribution in [0.3, 0.4) is 0 Å². The number of unbranched alkanes of at least 4 members (excludes halogenated alkanes) is 8. The number of ketones is 1. The topological polar surface area (TPSA) is 48.3 Å². The summed E-state index contributed by atoms with van der Waals surface area (Å²) in [6, 6.07) is 0. The molecule has 0 unspecified atom stereocenters. The minimum Gasteiger partial charge on any atom is -0.466 e. The van der Waals surface area contributed by atoms with E-state index in [0.29, 0.717) is 26.0 Å². The Kier molecular flexibility index (Phi) is 11.8. The first kappa shape index (κ1) is 23.5. The van der Waals surface area contributed by atoms with Gasteiger partial charge in [0.2, 0.25) is 0 Å². The molecule has 0 saturated heterocycles. The van der Waals surface area contributed by atoms with Crippen molar-refractivity contribution in [2.75, 3.05) is 6.61 Å². The van der Waals surface area contributed by atoms with Gasteiger partial charge in [0.15, 0.2) is 5.78 Å². The summed E-state index contributed by atoms with van der Waals surface area (Å²) in [6.45, 7) is 8.99. The van der Waals surface area contributed by atoms with Gasteiger partial charge < -0.3 is 9.30 Å². The lowest BCUT2D eigenvalue weighted by atomic mass is 10.0. The van der Waals surface area contributed by atoms with Gasteiger partial charge in [-0.2, -0.15) is 0 Å². The third-order valence-corrected chi connectivity index (χ3v) is 5.18. The molecule has 1 aromatic rings. The molecule has 1 aromatic heterocycles. The summed E-state index contributed by atoms with van der Waals surface area (Å²) in [5, 5.41) is 0. The van der Waals surface area contributed by atoms with Crippen LogP contribution >= 0.6 is 0 Å². The van der Waals surface area contributed by atoms with E-state index in [1.54, 1.807) is 0 Å².